The summed E-state index contributed by atoms with van der Waals surface area (Å²) in [6.45, 7) is 11.7. The summed E-state index contributed by atoms with van der Waals surface area (Å²) < 4.78 is 7.32. The second-order valence-corrected chi connectivity index (χ2v) is 7.92. The van der Waals surface area contributed by atoms with E-state index in [-0.39, 0.29) is 6.54 Å². The number of hydrogen-bond donors (Lipinski definition) is 0. The van der Waals surface area contributed by atoms with Gasteiger partial charge in [-0.05, 0) is 71.0 Å². The van der Waals surface area contributed by atoms with Gasteiger partial charge in [0.2, 0.25) is 0 Å². The van der Waals surface area contributed by atoms with Crippen LogP contribution < -0.4 is 0 Å². The fraction of sp³-hybridized carbons (Fsp3) is 0.500. The van der Waals surface area contributed by atoms with E-state index in [1.165, 1.54) is 0 Å². The molecule has 2 rings (SSSR count). The largest absolute Gasteiger partial charge is 0.459 e. The van der Waals surface area contributed by atoms with E-state index in [9.17, 15) is 14.4 Å². The number of nitrogens with zero attached hydrogens (tertiary/aromatic N) is 2. The lowest BCUT2D eigenvalue weighted by Crippen LogP contribution is -2.37. The third-order valence-electron chi connectivity index (χ3n) is 3.80. The molecule has 0 saturated carbocycles. The average molecular weight is 364 g/mol. The van der Waals surface area contributed by atoms with Gasteiger partial charge >= 0.3 is 5.97 Å². The Morgan fingerprint density at radius 2 is 1.92 bits per heavy atom. The highest BCUT2D eigenvalue weighted by Crippen LogP contribution is 2.33. The van der Waals surface area contributed by atoms with E-state index in [0.29, 0.717) is 4.91 Å². The van der Waals surface area contributed by atoms with Crippen molar-refractivity contribution in [3.05, 3.63) is 27.9 Å². The number of amides is 2. The Bertz CT molecular complexity index is 756. The Hall–Kier alpha value is -2.02. The average Bonchev–Trinajstić information content (AvgIpc) is 2.88. The topological polar surface area (TPSA) is 68.6 Å². The summed E-state index contributed by atoms with van der Waals surface area (Å²) in [5.74, 6) is -1.05. The molecule has 1 aromatic heterocycles. The lowest BCUT2D eigenvalue weighted by molar-refractivity contribution is -0.156. The molecular weight excluding hydrogens is 340 g/mol. The third kappa shape index (κ3) is 4.34. The van der Waals surface area contributed by atoms with E-state index in [1.54, 1.807) is 26.8 Å². The predicted molar refractivity (Wildman–Crippen MR) is 98.1 cm³/mol. The summed E-state index contributed by atoms with van der Waals surface area (Å²) in [6, 6.07) is 1.99. The molecule has 0 bridgehead atoms. The van der Waals surface area contributed by atoms with Crippen LogP contribution in [0.2, 0.25) is 0 Å². The molecule has 7 heteroatoms. The maximum absolute atomic E-state index is 12.5. The Kier molecular flexibility index (Phi) is 5.46. The van der Waals surface area contributed by atoms with Crippen LogP contribution in [0.25, 0.3) is 6.08 Å². The quantitative estimate of drug-likeness (QED) is 0.604. The Balaban J connectivity index is 2.19. The molecule has 1 aliphatic rings. The molecule has 0 aromatic carbocycles. The van der Waals surface area contributed by atoms with Crippen molar-refractivity contribution in [1.29, 1.82) is 0 Å². The van der Waals surface area contributed by atoms with Gasteiger partial charge in [0, 0.05) is 17.9 Å². The second-order valence-electron chi connectivity index (χ2n) is 6.93. The number of hydrogen-bond acceptors (Lipinski definition) is 5. The van der Waals surface area contributed by atoms with E-state index in [1.807, 2.05) is 19.9 Å². The van der Waals surface area contributed by atoms with Crippen LogP contribution in [-0.4, -0.2) is 38.7 Å². The van der Waals surface area contributed by atoms with Gasteiger partial charge in [-0.2, -0.15) is 0 Å². The van der Waals surface area contributed by atoms with Crippen molar-refractivity contribution in [2.75, 3.05) is 6.54 Å². The number of aryl methyl sites for hydroxylation is 1. The van der Waals surface area contributed by atoms with Crippen LogP contribution in [0, 0.1) is 13.8 Å². The molecule has 0 atom stereocenters. The molecule has 25 heavy (non-hydrogen) atoms. The molecule has 136 valence electrons. The van der Waals surface area contributed by atoms with Crippen molar-refractivity contribution in [1.82, 2.24) is 9.47 Å². The summed E-state index contributed by atoms with van der Waals surface area (Å²) in [4.78, 5) is 37.8. The van der Waals surface area contributed by atoms with E-state index < -0.39 is 22.7 Å². The summed E-state index contributed by atoms with van der Waals surface area (Å²) in [6.07, 6.45) is 1.72. The Morgan fingerprint density at radius 3 is 2.44 bits per heavy atom. The van der Waals surface area contributed by atoms with Crippen molar-refractivity contribution in [2.24, 2.45) is 0 Å². The van der Waals surface area contributed by atoms with Gasteiger partial charge in [-0.15, -0.1) is 0 Å². The second kappa shape index (κ2) is 7.07. The zero-order chi connectivity index (χ0) is 18.9. The smallest absolute Gasteiger partial charge is 0.326 e. The number of rotatable bonds is 4. The highest BCUT2D eigenvalue weighted by molar-refractivity contribution is 8.18. The molecule has 0 aliphatic carbocycles. The summed E-state index contributed by atoms with van der Waals surface area (Å²) >= 11 is 0.850. The number of ether oxygens (including phenoxy) is 1. The molecule has 6 nitrogen and oxygen atoms in total. The van der Waals surface area contributed by atoms with Crippen LogP contribution in [0.15, 0.2) is 11.0 Å². The summed E-state index contributed by atoms with van der Waals surface area (Å²) in [7, 11) is 0. The minimum Gasteiger partial charge on any atom is -0.459 e. The fourth-order valence-corrected chi connectivity index (χ4v) is 3.57. The molecular formula is C18H24N2O4S. The normalized spacial score (nSPS) is 16.9. The summed E-state index contributed by atoms with van der Waals surface area (Å²) in [5.41, 5.74) is 2.38. The van der Waals surface area contributed by atoms with Crippen LogP contribution in [-0.2, 0) is 20.9 Å². The van der Waals surface area contributed by atoms with Gasteiger partial charge < -0.3 is 9.30 Å². The number of esters is 1. The molecule has 1 saturated heterocycles. The molecule has 1 fully saturated rings. The van der Waals surface area contributed by atoms with E-state index in [4.69, 9.17) is 4.74 Å². The standard InChI is InChI=1S/C18H24N2O4S/c1-7-19-11(2)8-13(12(19)3)9-14-16(22)20(17(23)25-14)10-15(21)24-18(4,5)6/h8-9H,7,10H2,1-6H3. The maximum atomic E-state index is 12.5. The van der Waals surface area contributed by atoms with Crippen molar-refractivity contribution >= 4 is 35.0 Å². The number of imide groups is 1. The zero-order valence-corrected chi connectivity index (χ0v) is 16.3. The van der Waals surface area contributed by atoms with E-state index >= 15 is 0 Å². The van der Waals surface area contributed by atoms with Crippen LogP contribution in [0.1, 0.15) is 44.6 Å². The predicted octanol–water partition coefficient (Wildman–Crippen LogP) is 3.50. The number of carbonyl (C=O) groups excluding carboxylic acids is 3. The first-order valence-electron chi connectivity index (χ1n) is 8.17. The lowest BCUT2D eigenvalue weighted by Gasteiger charge is -2.21. The van der Waals surface area contributed by atoms with Gasteiger partial charge in [-0.25, -0.2) is 0 Å². The monoisotopic (exact) mass is 364 g/mol. The van der Waals surface area contributed by atoms with Crippen molar-refractivity contribution < 1.29 is 19.1 Å². The van der Waals surface area contributed by atoms with Crippen LogP contribution >= 0.6 is 11.8 Å². The Labute approximate surface area is 152 Å². The third-order valence-corrected chi connectivity index (χ3v) is 4.70. The first-order chi connectivity index (χ1) is 11.5. The SMILES string of the molecule is CCn1c(C)cc(C=C2SC(=O)N(CC(=O)OC(C)(C)C)C2=O)c1C. The fourth-order valence-electron chi connectivity index (χ4n) is 2.74. The molecule has 1 aromatic rings. The van der Waals surface area contributed by atoms with Crippen molar-refractivity contribution in [3.8, 4) is 0 Å². The number of thioether (sulfide) groups is 1. The molecule has 2 heterocycles. The van der Waals surface area contributed by atoms with Gasteiger partial charge in [0.1, 0.15) is 12.1 Å². The highest BCUT2D eigenvalue weighted by Gasteiger charge is 2.37. The van der Waals surface area contributed by atoms with Crippen molar-refractivity contribution in [2.45, 2.75) is 53.7 Å². The van der Waals surface area contributed by atoms with Gasteiger partial charge in [0.05, 0.1) is 4.91 Å². The first-order valence-corrected chi connectivity index (χ1v) is 8.99. The van der Waals surface area contributed by atoms with Crippen LogP contribution in [0.5, 0.6) is 0 Å². The van der Waals surface area contributed by atoms with Crippen LogP contribution in [0.4, 0.5) is 4.79 Å². The molecule has 0 unspecified atom stereocenters. The minimum absolute atomic E-state index is 0.324. The van der Waals surface area contributed by atoms with Crippen molar-refractivity contribution in [3.63, 3.8) is 0 Å². The van der Waals surface area contributed by atoms with Gasteiger partial charge in [0.25, 0.3) is 11.1 Å². The maximum Gasteiger partial charge on any atom is 0.326 e. The Morgan fingerprint density at radius 1 is 1.28 bits per heavy atom. The molecule has 0 spiro atoms. The highest BCUT2D eigenvalue weighted by atomic mass is 32.2. The molecule has 1 aliphatic heterocycles. The lowest BCUT2D eigenvalue weighted by atomic mass is 10.2. The minimum atomic E-state index is -0.660. The van der Waals surface area contributed by atoms with E-state index in [2.05, 4.69) is 11.5 Å². The first kappa shape index (κ1) is 19.3. The number of aromatic nitrogens is 1. The van der Waals surface area contributed by atoms with Gasteiger partial charge in [-0.1, -0.05) is 0 Å². The zero-order valence-electron chi connectivity index (χ0n) is 15.5. The summed E-state index contributed by atoms with van der Waals surface area (Å²) in [5, 5.41) is -0.452. The van der Waals surface area contributed by atoms with E-state index in [0.717, 1.165) is 40.2 Å². The molecule has 0 N–H and O–H groups in total. The van der Waals surface area contributed by atoms with Crippen LogP contribution in [0.3, 0.4) is 0 Å². The number of carbonyl (C=O) groups is 3. The molecule has 0 radical (unpaired) electrons. The van der Waals surface area contributed by atoms with Gasteiger partial charge in [0.15, 0.2) is 0 Å². The molecule has 2 amide bonds. The van der Waals surface area contributed by atoms with Gasteiger partial charge in [-0.3, -0.25) is 19.3 Å².